The number of aryl methyl sites for hydroxylation is 1. The van der Waals surface area contributed by atoms with E-state index in [2.05, 4.69) is 21.3 Å². The van der Waals surface area contributed by atoms with Crippen LogP contribution in [-0.4, -0.2) is 56.0 Å². The highest BCUT2D eigenvalue weighted by Gasteiger charge is 2.31. The summed E-state index contributed by atoms with van der Waals surface area (Å²) in [5.74, 6) is -0.802. The molecule has 1 unspecified atom stereocenters. The Morgan fingerprint density at radius 3 is 2.54 bits per heavy atom. The summed E-state index contributed by atoms with van der Waals surface area (Å²) in [6.07, 6.45) is -3.22. The van der Waals surface area contributed by atoms with Crippen molar-refractivity contribution in [2.45, 2.75) is 44.4 Å². The molecule has 0 bridgehead atoms. The molecule has 1 heterocycles. The van der Waals surface area contributed by atoms with Crippen LogP contribution in [0.1, 0.15) is 30.0 Å². The number of benzene rings is 2. The molecule has 1 aliphatic heterocycles. The number of rotatable bonds is 2. The first kappa shape index (κ1) is 28.0. The van der Waals surface area contributed by atoms with Gasteiger partial charge in [-0.1, -0.05) is 36.4 Å². The van der Waals surface area contributed by atoms with Crippen LogP contribution in [0.3, 0.4) is 0 Å². The molecule has 37 heavy (non-hydrogen) atoms. The van der Waals surface area contributed by atoms with Gasteiger partial charge in [0.05, 0.1) is 18.2 Å². The fourth-order valence-electron chi connectivity index (χ4n) is 3.91. The Bertz CT molecular complexity index is 1090. The smallest absolute Gasteiger partial charge is 0.416 e. The van der Waals surface area contributed by atoms with Gasteiger partial charge in [-0.2, -0.15) is 13.2 Å². The lowest BCUT2D eigenvalue weighted by Gasteiger charge is -2.21. The van der Waals surface area contributed by atoms with Crippen molar-refractivity contribution in [2.24, 2.45) is 0 Å². The van der Waals surface area contributed by atoms with Crippen LogP contribution >= 0.6 is 0 Å². The summed E-state index contributed by atoms with van der Waals surface area (Å²) >= 11 is 0. The summed E-state index contributed by atoms with van der Waals surface area (Å²) in [7, 11) is 0. The minimum atomic E-state index is -4.51. The molecule has 2 aromatic rings. The van der Waals surface area contributed by atoms with Crippen molar-refractivity contribution in [3.8, 4) is 5.75 Å². The van der Waals surface area contributed by atoms with Gasteiger partial charge in [0.2, 0.25) is 17.7 Å². The zero-order valence-corrected chi connectivity index (χ0v) is 20.5. The van der Waals surface area contributed by atoms with E-state index in [1.165, 1.54) is 19.1 Å². The van der Waals surface area contributed by atoms with Gasteiger partial charge in [0, 0.05) is 13.1 Å². The van der Waals surface area contributed by atoms with Gasteiger partial charge >= 0.3 is 6.18 Å². The largest absolute Gasteiger partial charge is 0.492 e. The molecule has 3 rings (SSSR count). The number of hydrogen-bond donors (Lipinski definition) is 4. The van der Waals surface area contributed by atoms with E-state index >= 15 is 0 Å². The van der Waals surface area contributed by atoms with Crippen LogP contribution in [-0.2, 0) is 33.4 Å². The van der Waals surface area contributed by atoms with Crippen LogP contribution < -0.4 is 26.0 Å². The number of halogens is 3. The van der Waals surface area contributed by atoms with E-state index in [9.17, 15) is 27.6 Å². The molecular weight excluding hydrogens is 489 g/mol. The van der Waals surface area contributed by atoms with Crippen molar-refractivity contribution in [3.05, 3.63) is 65.2 Å². The predicted molar refractivity (Wildman–Crippen MR) is 131 cm³/mol. The first-order valence-electron chi connectivity index (χ1n) is 12.1. The lowest BCUT2D eigenvalue weighted by Crippen LogP contribution is -2.51. The molecule has 0 aliphatic carbocycles. The highest BCUT2D eigenvalue weighted by Crippen LogP contribution is 2.29. The summed E-state index contributed by atoms with van der Waals surface area (Å²) in [4.78, 5) is 37.4. The molecule has 0 aromatic heterocycles. The summed E-state index contributed by atoms with van der Waals surface area (Å²) in [6.45, 7) is 2.02. The third kappa shape index (κ3) is 8.78. The number of ether oxygens (including phenoxy) is 1. The second kappa shape index (κ2) is 13.1. The van der Waals surface area contributed by atoms with E-state index in [-0.39, 0.29) is 32.0 Å². The Kier molecular flexibility index (Phi) is 9.90. The fourth-order valence-corrected chi connectivity index (χ4v) is 3.91. The number of nitrogens with one attached hydrogen (secondary N) is 4. The van der Waals surface area contributed by atoms with Gasteiger partial charge in [0.25, 0.3) is 0 Å². The molecule has 2 aromatic carbocycles. The quantitative estimate of drug-likeness (QED) is 0.484. The normalized spacial score (nSPS) is 20.8. The van der Waals surface area contributed by atoms with Gasteiger partial charge in [-0.3, -0.25) is 14.4 Å². The van der Waals surface area contributed by atoms with Crippen molar-refractivity contribution >= 4 is 17.7 Å². The number of carbonyl (C=O) groups is 3. The summed E-state index contributed by atoms with van der Waals surface area (Å²) in [5, 5.41) is 10.8. The maximum Gasteiger partial charge on any atom is 0.416 e. The SMILES string of the molecule is CC1NC(=O)CNC(=O)[C@@H](Cc2cccc(C(F)(F)F)c2)NCCOc2ccccc2CCCNC1=O. The zero-order chi connectivity index (χ0) is 26.8. The Morgan fingerprint density at radius 2 is 1.76 bits per heavy atom. The second-order valence-corrected chi connectivity index (χ2v) is 8.77. The highest BCUT2D eigenvalue weighted by molar-refractivity contribution is 5.91. The molecule has 1 aliphatic rings. The molecule has 11 heteroatoms. The van der Waals surface area contributed by atoms with Gasteiger partial charge in [0.15, 0.2) is 0 Å². The molecule has 3 amide bonds. The van der Waals surface area contributed by atoms with Crippen molar-refractivity contribution in [1.82, 2.24) is 21.3 Å². The molecule has 4 N–H and O–H groups in total. The minimum absolute atomic E-state index is 0.0350. The number of amides is 3. The maximum absolute atomic E-state index is 13.2. The number of carbonyl (C=O) groups excluding carboxylic acids is 3. The Morgan fingerprint density at radius 1 is 0.973 bits per heavy atom. The van der Waals surface area contributed by atoms with E-state index in [1.807, 2.05) is 24.3 Å². The molecule has 2 atom stereocenters. The van der Waals surface area contributed by atoms with Gasteiger partial charge < -0.3 is 26.0 Å². The topological polar surface area (TPSA) is 109 Å². The lowest BCUT2D eigenvalue weighted by atomic mass is 10.0. The molecule has 0 saturated heterocycles. The number of para-hydroxylation sites is 1. The van der Waals surface area contributed by atoms with Crippen LogP contribution in [0, 0.1) is 0 Å². The minimum Gasteiger partial charge on any atom is -0.492 e. The third-order valence-electron chi connectivity index (χ3n) is 5.85. The van der Waals surface area contributed by atoms with Crippen LogP contribution in [0.4, 0.5) is 13.2 Å². The third-order valence-corrected chi connectivity index (χ3v) is 5.85. The van der Waals surface area contributed by atoms with E-state index in [4.69, 9.17) is 4.74 Å². The Labute approximate surface area is 213 Å². The summed E-state index contributed by atoms with van der Waals surface area (Å²) in [5.41, 5.74) is 0.459. The number of alkyl halides is 3. The first-order valence-corrected chi connectivity index (χ1v) is 12.1. The van der Waals surface area contributed by atoms with Crippen LogP contribution in [0.15, 0.2) is 48.5 Å². The summed E-state index contributed by atoms with van der Waals surface area (Å²) in [6, 6.07) is 10.5. The van der Waals surface area contributed by atoms with E-state index in [0.717, 1.165) is 17.7 Å². The number of hydrogen-bond acceptors (Lipinski definition) is 5. The fraction of sp³-hybridized carbons (Fsp3) is 0.423. The molecular formula is C26H31F3N4O4. The second-order valence-electron chi connectivity index (χ2n) is 8.77. The van der Waals surface area contributed by atoms with Gasteiger partial charge in [-0.15, -0.1) is 0 Å². The van der Waals surface area contributed by atoms with Gasteiger partial charge in [-0.25, -0.2) is 0 Å². The first-order chi connectivity index (χ1) is 17.6. The predicted octanol–water partition coefficient (Wildman–Crippen LogP) is 1.97. The number of fused-ring (bicyclic) bond motifs is 1. The van der Waals surface area contributed by atoms with Crippen molar-refractivity contribution in [3.63, 3.8) is 0 Å². The Hall–Kier alpha value is -3.60. The maximum atomic E-state index is 13.2. The van der Waals surface area contributed by atoms with E-state index < -0.39 is 35.6 Å². The van der Waals surface area contributed by atoms with Crippen molar-refractivity contribution in [1.29, 1.82) is 0 Å². The molecule has 0 spiro atoms. The lowest BCUT2D eigenvalue weighted by molar-refractivity contribution is -0.137. The van der Waals surface area contributed by atoms with Gasteiger partial charge in [-0.05, 0) is 49.4 Å². The average molecular weight is 521 g/mol. The Balaban J connectivity index is 1.76. The molecule has 8 nitrogen and oxygen atoms in total. The molecule has 0 radical (unpaired) electrons. The van der Waals surface area contributed by atoms with Crippen LogP contribution in [0.5, 0.6) is 5.75 Å². The molecule has 200 valence electrons. The monoisotopic (exact) mass is 520 g/mol. The summed E-state index contributed by atoms with van der Waals surface area (Å²) < 4.78 is 45.3. The van der Waals surface area contributed by atoms with E-state index in [0.29, 0.717) is 30.7 Å². The molecule has 0 saturated carbocycles. The zero-order valence-electron chi connectivity index (χ0n) is 20.5. The van der Waals surface area contributed by atoms with Crippen LogP contribution in [0.2, 0.25) is 0 Å². The van der Waals surface area contributed by atoms with Crippen molar-refractivity contribution < 1.29 is 32.3 Å². The highest BCUT2D eigenvalue weighted by atomic mass is 19.4. The standard InChI is InChI=1S/C26H31F3N4O4/c1-17-24(35)31-11-5-8-19-7-2-3-10-22(19)37-13-12-30-21(25(36)32-16-23(34)33-17)15-18-6-4-9-20(14-18)26(27,28)29/h2-4,6-7,9-10,14,17,21,30H,5,8,11-13,15-16H2,1H3,(H,31,35)(H,32,36)(H,33,34)/t17?,21-/m1/s1. The van der Waals surface area contributed by atoms with Crippen LogP contribution in [0.25, 0.3) is 0 Å². The van der Waals surface area contributed by atoms with Gasteiger partial charge in [0.1, 0.15) is 18.4 Å². The van der Waals surface area contributed by atoms with E-state index in [1.54, 1.807) is 0 Å². The van der Waals surface area contributed by atoms with Crippen molar-refractivity contribution in [2.75, 3.05) is 26.2 Å². The average Bonchev–Trinajstić information content (AvgIpc) is 2.86. The molecule has 0 fully saturated rings.